The van der Waals surface area contributed by atoms with Crippen LogP contribution in [0.3, 0.4) is 0 Å². The number of rotatable bonds is 9. The SMILES string of the molecule is CCC(BCC(C)(C)C(=O)OC(C)(c1ccccc1)c1ccccc1)c1ccncc1. The summed E-state index contributed by atoms with van der Waals surface area (Å²) in [6, 6.07) is 24.1. The second kappa shape index (κ2) is 9.95. The molecule has 4 heteroatoms. The molecule has 0 saturated carbocycles. The molecule has 0 aliphatic rings. The molecule has 3 nitrogen and oxygen atoms in total. The van der Waals surface area contributed by atoms with Gasteiger partial charge < -0.3 is 4.74 Å². The number of ether oxygens (including phenoxy) is 1. The van der Waals surface area contributed by atoms with E-state index in [9.17, 15) is 4.79 Å². The summed E-state index contributed by atoms with van der Waals surface area (Å²) in [6.45, 7) is 8.16. The predicted molar refractivity (Wildman–Crippen MR) is 128 cm³/mol. The second-order valence-corrected chi connectivity index (χ2v) is 8.96. The van der Waals surface area contributed by atoms with Gasteiger partial charge in [-0.1, -0.05) is 94.2 Å². The monoisotopic (exact) mass is 413 g/mol. The van der Waals surface area contributed by atoms with Crippen molar-refractivity contribution < 1.29 is 9.53 Å². The highest BCUT2D eigenvalue weighted by Crippen LogP contribution is 2.37. The molecule has 0 amide bonds. The molecule has 0 N–H and O–H groups in total. The summed E-state index contributed by atoms with van der Waals surface area (Å²) in [5, 5.41) is 0. The molecule has 0 aliphatic carbocycles. The van der Waals surface area contributed by atoms with Gasteiger partial charge in [0.15, 0.2) is 5.60 Å². The lowest BCUT2D eigenvalue weighted by Gasteiger charge is -2.35. The van der Waals surface area contributed by atoms with E-state index in [0.717, 1.165) is 31.1 Å². The third-order valence-corrected chi connectivity index (χ3v) is 6.29. The molecule has 0 saturated heterocycles. The molecule has 1 atom stereocenters. The second-order valence-electron chi connectivity index (χ2n) is 8.96. The van der Waals surface area contributed by atoms with Crippen molar-refractivity contribution in [3.05, 3.63) is 102 Å². The van der Waals surface area contributed by atoms with Crippen molar-refractivity contribution >= 4 is 13.2 Å². The Hall–Kier alpha value is -2.88. The maximum Gasteiger partial charge on any atom is 0.312 e. The third-order valence-electron chi connectivity index (χ3n) is 6.29. The molecule has 0 spiro atoms. The summed E-state index contributed by atoms with van der Waals surface area (Å²) < 4.78 is 6.30. The topological polar surface area (TPSA) is 39.2 Å². The van der Waals surface area contributed by atoms with Gasteiger partial charge in [0.2, 0.25) is 0 Å². The normalized spacial score (nSPS) is 12.8. The fraction of sp³-hybridized carbons (Fsp3) is 0.333. The standard InChI is InChI=1S/C27H32BNO2/c1-5-24(21-16-18-29-19-17-21)28-20-26(2,3)25(30)31-27(4,22-12-8-6-9-13-22)23-14-10-7-11-15-23/h6-19,24,28H,5,20H2,1-4H3. The van der Waals surface area contributed by atoms with Crippen molar-refractivity contribution in [1.29, 1.82) is 0 Å². The molecule has 160 valence electrons. The maximum atomic E-state index is 13.4. The number of benzene rings is 2. The molecule has 0 fully saturated rings. The number of pyridine rings is 1. The van der Waals surface area contributed by atoms with Crippen LogP contribution >= 0.6 is 0 Å². The van der Waals surface area contributed by atoms with E-state index in [1.807, 2.05) is 93.8 Å². The molecule has 0 aliphatic heterocycles. The van der Waals surface area contributed by atoms with Gasteiger partial charge in [0.05, 0.1) is 5.41 Å². The number of carbonyl (C=O) groups is 1. The fourth-order valence-electron chi connectivity index (χ4n) is 4.00. The number of hydrogen-bond acceptors (Lipinski definition) is 3. The molecular formula is C27H32BNO2. The van der Waals surface area contributed by atoms with Crippen molar-refractivity contribution in [2.75, 3.05) is 0 Å². The Labute approximate surface area is 187 Å². The van der Waals surface area contributed by atoms with Crippen molar-refractivity contribution in [3.8, 4) is 0 Å². The maximum absolute atomic E-state index is 13.4. The molecular weight excluding hydrogens is 381 g/mol. The van der Waals surface area contributed by atoms with Crippen molar-refractivity contribution in [2.45, 2.75) is 51.9 Å². The summed E-state index contributed by atoms with van der Waals surface area (Å²) >= 11 is 0. The smallest absolute Gasteiger partial charge is 0.312 e. The fourth-order valence-corrected chi connectivity index (χ4v) is 4.00. The largest absolute Gasteiger partial charge is 0.449 e. The van der Waals surface area contributed by atoms with E-state index >= 15 is 0 Å². The van der Waals surface area contributed by atoms with Gasteiger partial charge in [-0.25, -0.2) is 0 Å². The van der Waals surface area contributed by atoms with Crippen LogP contribution < -0.4 is 0 Å². The number of esters is 1. The van der Waals surface area contributed by atoms with Gasteiger partial charge in [0.25, 0.3) is 0 Å². The van der Waals surface area contributed by atoms with Gasteiger partial charge in [-0.05, 0) is 41.6 Å². The van der Waals surface area contributed by atoms with Gasteiger partial charge in [0, 0.05) is 12.4 Å². The van der Waals surface area contributed by atoms with Crippen LogP contribution in [0.5, 0.6) is 0 Å². The van der Waals surface area contributed by atoms with Crippen LogP contribution in [0.15, 0.2) is 85.2 Å². The summed E-state index contributed by atoms with van der Waals surface area (Å²) in [6.07, 6.45) is 5.46. The Morgan fingerprint density at radius 2 is 1.42 bits per heavy atom. The Bertz CT molecular complexity index is 919. The summed E-state index contributed by atoms with van der Waals surface area (Å²) in [4.78, 5) is 17.6. The summed E-state index contributed by atoms with van der Waals surface area (Å²) in [7, 11) is 0.927. The van der Waals surface area contributed by atoms with Crippen molar-refractivity contribution in [1.82, 2.24) is 4.98 Å². The molecule has 31 heavy (non-hydrogen) atoms. The minimum absolute atomic E-state index is 0.174. The molecule has 0 radical (unpaired) electrons. The first-order chi connectivity index (χ1) is 14.9. The lowest BCUT2D eigenvalue weighted by Crippen LogP contribution is -2.37. The van der Waals surface area contributed by atoms with Crippen LogP contribution in [0.1, 0.15) is 56.6 Å². The van der Waals surface area contributed by atoms with Crippen LogP contribution in [-0.4, -0.2) is 18.2 Å². The average Bonchev–Trinajstić information content (AvgIpc) is 2.81. The Balaban J connectivity index is 1.79. The first-order valence-corrected chi connectivity index (χ1v) is 11.1. The summed E-state index contributed by atoms with van der Waals surface area (Å²) in [5.41, 5.74) is 1.78. The first-order valence-electron chi connectivity index (χ1n) is 11.1. The average molecular weight is 413 g/mol. The summed E-state index contributed by atoms with van der Waals surface area (Å²) in [5.74, 6) is 0.233. The van der Waals surface area contributed by atoms with Gasteiger partial charge in [-0.3, -0.25) is 9.78 Å². The lowest BCUT2D eigenvalue weighted by atomic mass is 9.53. The molecule has 2 aromatic carbocycles. The molecule has 3 rings (SSSR count). The van der Waals surface area contributed by atoms with Crippen LogP contribution in [0, 0.1) is 5.41 Å². The number of hydrogen-bond donors (Lipinski definition) is 0. The van der Waals surface area contributed by atoms with Gasteiger partial charge >= 0.3 is 5.97 Å². The van der Waals surface area contributed by atoms with Gasteiger partial charge in [-0.2, -0.15) is 0 Å². The molecule has 3 aromatic rings. The number of aromatic nitrogens is 1. The van der Waals surface area contributed by atoms with E-state index in [1.54, 1.807) is 0 Å². The van der Waals surface area contributed by atoms with Crippen molar-refractivity contribution in [3.63, 3.8) is 0 Å². The highest BCUT2D eigenvalue weighted by molar-refractivity contribution is 6.38. The Morgan fingerprint density at radius 1 is 0.903 bits per heavy atom. The predicted octanol–water partition coefficient (Wildman–Crippen LogP) is 5.92. The first kappa shape index (κ1) is 22.8. The zero-order chi connectivity index (χ0) is 22.3. The quantitative estimate of drug-likeness (QED) is 0.323. The Kier molecular flexibility index (Phi) is 7.32. The van der Waals surface area contributed by atoms with Gasteiger partial charge in [-0.15, -0.1) is 0 Å². The Morgan fingerprint density at radius 3 is 1.90 bits per heavy atom. The zero-order valence-corrected chi connectivity index (χ0v) is 19.0. The van der Waals surface area contributed by atoms with Crippen molar-refractivity contribution in [2.24, 2.45) is 5.41 Å². The minimum atomic E-state index is -0.841. The van der Waals surface area contributed by atoms with Crippen LogP contribution in [-0.2, 0) is 15.1 Å². The van der Waals surface area contributed by atoms with Crippen LogP contribution in [0.25, 0.3) is 0 Å². The van der Waals surface area contributed by atoms with E-state index < -0.39 is 11.0 Å². The van der Waals surface area contributed by atoms with E-state index in [2.05, 4.69) is 24.0 Å². The zero-order valence-electron chi connectivity index (χ0n) is 19.0. The number of carbonyl (C=O) groups excluding carboxylic acids is 1. The molecule has 1 aromatic heterocycles. The van der Waals surface area contributed by atoms with E-state index in [1.165, 1.54) is 5.56 Å². The minimum Gasteiger partial charge on any atom is -0.449 e. The van der Waals surface area contributed by atoms with E-state index in [-0.39, 0.29) is 5.97 Å². The highest BCUT2D eigenvalue weighted by Gasteiger charge is 2.39. The van der Waals surface area contributed by atoms with Gasteiger partial charge in [0.1, 0.15) is 7.28 Å². The van der Waals surface area contributed by atoms with Crippen LogP contribution in [0.4, 0.5) is 0 Å². The van der Waals surface area contributed by atoms with E-state index in [0.29, 0.717) is 5.82 Å². The van der Waals surface area contributed by atoms with Crippen LogP contribution in [0.2, 0.25) is 6.32 Å². The molecule has 1 unspecified atom stereocenters. The number of nitrogens with zero attached hydrogens (tertiary/aromatic N) is 1. The molecule has 1 heterocycles. The third kappa shape index (κ3) is 5.44. The lowest BCUT2D eigenvalue weighted by molar-refractivity contribution is -0.165. The highest BCUT2D eigenvalue weighted by atomic mass is 16.6. The van der Waals surface area contributed by atoms with E-state index in [4.69, 9.17) is 4.74 Å². The molecule has 0 bridgehead atoms.